The third kappa shape index (κ3) is 3.32. The molecule has 6 nitrogen and oxygen atoms in total. The van der Waals surface area contributed by atoms with Crippen LogP contribution in [0.15, 0.2) is 63.9 Å². The Labute approximate surface area is 148 Å². The average molecular weight is 350 g/mol. The molecule has 0 unspecified atom stereocenters. The van der Waals surface area contributed by atoms with Crippen molar-refractivity contribution in [3.8, 4) is 22.8 Å². The Morgan fingerprint density at radius 1 is 1.12 bits per heavy atom. The van der Waals surface area contributed by atoms with Crippen LogP contribution < -0.4 is 5.32 Å². The molecular formula is C19H15FN4O2. The third-order valence-electron chi connectivity index (χ3n) is 3.78. The van der Waals surface area contributed by atoms with E-state index in [1.54, 1.807) is 24.6 Å². The SMILES string of the molecule is Cc1cc(-c2cnc(NCc3cccc(F)c3)nc2-c2ccco2)on1. The van der Waals surface area contributed by atoms with Crippen molar-refractivity contribution in [2.75, 3.05) is 5.32 Å². The lowest BCUT2D eigenvalue weighted by atomic mass is 10.1. The van der Waals surface area contributed by atoms with Gasteiger partial charge < -0.3 is 14.3 Å². The van der Waals surface area contributed by atoms with Gasteiger partial charge in [0.1, 0.15) is 11.5 Å². The Kier molecular flexibility index (Phi) is 4.18. The molecule has 0 bridgehead atoms. The first-order valence-corrected chi connectivity index (χ1v) is 8.02. The van der Waals surface area contributed by atoms with E-state index in [0.717, 1.165) is 11.3 Å². The molecule has 0 aliphatic heterocycles. The van der Waals surface area contributed by atoms with Crippen molar-refractivity contribution in [3.05, 3.63) is 72.0 Å². The van der Waals surface area contributed by atoms with Gasteiger partial charge in [-0.3, -0.25) is 0 Å². The molecule has 1 N–H and O–H groups in total. The van der Waals surface area contributed by atoms with Crippen LogP contribution in [0.4, 0.5) is 10.3 Å². The highest BCUT2D eigenvalue weighted by Gasteiger charge is 2.17. The van der Waals surface area contributed by atoms with E-state index < -0.39 is 0 Å². The second-order valence-electron chi connectivity index (χ2n) is 5.75. The van der Waals surface area contributed by atoms with E-state index in [0.29, 0.717) is 35.3 Å². The molecule has 7 heteroatoms. The number of anilines is 1. The molecule has 0 atom stereocenters. The van der Waals surface area contributed by atoms with Gasteiger partial charge in [0, 0.05) is 18.8 Å². The molecule has 26 heavy (non-hydrogen) atoms. The summed E-state index contributed by atoms with van der Waals surface area (Å²) >= 11 is 0. The monoisotopic (exact) mass is 350 g/mol. The molecule has 0 fully saturated rings. The Bertz CT molecular complexity index is 1030. The van der Waals surface area contributed by atoms with E-state index in [4.69, 9.17) is 8.94 Å². The summed E-state index contributed by atoms with van der Waals surface area (Å²) in [6.07, 6.45) is 3.23. The lowest BCUT2D eigenvalue weighted by Gasteiger charge is -2.08. The van der Waals surface area contributed by atoms with E-state index in [1.807, 2.05) is 25.1 Å². The number of nitrogens with one attached hydrogen (secondary N) is 1. The van der Waals surface area contributed by atoms with E-state index in [2.05, 4.69) is 20.4 Å². The van der Waals surface area contributed by atoms with Gasteiger partial charge in [0.15, 0.2) is 11.5 Å². The average Bonchev–Trinajstić information content (AvgIpc) is 3.31. The van der Waals surface area contributed by atoms with E-state index >= 15 is 0 Å². The fraction of sp³-hybridized carbons (Fsp3) is 0.105. The van der Waals surface area contributed by atoms with Gasteiger partial charge in [-0.15, -0.1) is 0 Å². The number of furan rings is 1. The van der Waals surface area contributed by atoms with Crippen molar-refractivity contribution in [1.82, 2.24) is 15.1 Å². The van der Waals surface area contributed by atoms with Gasteiger partial charge in [-0.25, -0.2) is 14.4 Å². The summed E-state index contributed by atoms with van der Waals surface area (Å²) < 4.78 is 24.1. The van der Waals surface area contributed by atoms with Gasteiger partial charge in [-0.05, 0) is 36.8 Å². The third-order valence-corrected chi connectivity index (χ3v) is 3.78. The van der Waals surface area contributed by atoms with Gasteiger partial charge >= 0.3 is 0 Å². The molecular weight excluding hydrogens is 335 g/mol. The summed E-state index contributed by atoms with van der Waals surface area (Å²) in [6.45, 7) is 2.24. The van der Waals surface area contributed by atoms with Crippen LogP contribution in [0.25, 0.3) is 22.8 Å². The normalized spacial score (nSPS) is 10.8. The highest BCUT2D eigenvalue weighted by molar-refractivity contribution is 5.75. The first kappa shape index (κ1) is 16.0. The molecule has 0 spiro atoms. The molecule has 0 saturated carbocycles. The number of benzene rings is 1. The van der Waals surface area contributed by atoms with Crippen LogP contribution in [0.5, 0.6) is 0 Å². The van der Waals surface area contributed by atoms with Crippen LogP contribution in [0.1, 0.15) is 11.3 Å². The maximum atomic E-state index is 13.3. The summed E-state index contributed by atoms with van der Waals surface area (Å²) in [7, 11) is 0. The van der Waals surface area contributed by atoms with Crippen molar-refractivity contribution < 1.29 is 13.3 Å². The Morgan fingerprint density at radius 3 is 2.77 bits per heavy atom. The highest BCUT2D eigenvalue weighted by Crippen LogP contribution is 2.31. The maximum Gasteiger partial charge on any atom is 0.223 e. The lowest BCUT2D eigenvalue weighted by molar-refractivity contribution is 0.427. The minimum atomic E-state index is -0.280. The highest BCUT2D eigenvalue weighted by atomic mass is 19.1. The number of halogens is 1. The zero-order chi connectivity index (χ0) is 17.9. The Morgan fingerprint density at radius 2 is 2.04 bits per heavy atom. The number of hydrogen-bond donors (Lipinski definition) is 1. The van der Waals surface area contributed by atoms with Crippen LogP contribution in [0, 0.1) is 12.7 Å². The zero-order valence-electron chi connectivity index (χ0n) is 13.9. The van der Waals surface area contributed by atoms with Gasteiger partial charge in [-0.2, -0.15) is 0 Å². The second-order valence-corrected chi connectivity index (χ2v) is 5.75. The number of rotatable bonds is 5. The summed E-state index contributed by atoms with van der Waals surface area (Å²) in [5.41, 5.74) is 2.82. The molecule has 0 amide bonds. The Hall–Kier alpha value is -3.48. The van der Waals surface area contributed by atoms with Crippen LogP contribution in [0.2, 0.25) is 0 Å². The van der Waals surface area contributed by atoms with Crippen molar-refractivity contribution >= 4 is 5.95 Å². The number of nitrogens with zero attached hydrogens (tertiary/aromatic N) is 3. The fourth-order valence-electron chi connectivity index (χ4n) is 2.57. The van der Waals surface area contributed by atoms with Gasteiger partial charge in [-0.1, -0.05) is 17.3 Å². The quantitative estimate of drug-likeness (QED) is 0.573. The van der Waals surface area contributed by atoms with Crippen molar-refractivity contribution in [1.29, 1.82) is 0 Å². The lowest BCUT2D eigenvalue weighted by Crippen LogP contribution is -2.05. The predicted octanol–water partition coefficient (Wildman–Crippen LogP) is 4.45. The van der Waals surface area contributed by atoms with Crippen molar-refractivity contribution in [2.45, 2.75) is 13.5 Å². The van der Waals surface area contributed by atoms with Crippen LogP contribution in [-0.2, 0) is 6.54 Å². The first-order valence-electron chi connectivity index (χ1n) is 8.02. The summed E-state index contributed by atoms with van der Waals surface area (Å²) in [5.74, 6) is 1.27. The molecule has 3 aromatic heterocycles. The summed E-state index contributed by atoms with van der Waals surface area (Å²) in [6, 6.07) is 11.8. The molecule has 3 heterocycles. The summed E-state index contributed by atoms with van der Waals surface area (Å²) in [5, 5.41) is 7.01. The van der Waals surface area contributed by atoms with E-state index in [1.165, 1.54) is 12.1 Å². The van der Waals surface area contributed by atoms with Crippen LogP contribution >= 0.6 is 0 Å². The minimum Gasteiger partial charge on any atom is -0.463 e. The first-order chi connectivity index (χ1) is 12.7. The largest absolute Gasteiger partial charge is 0.463 e. The molecule has 1 aromatic carbocycles. The molecule has 4 aromatic rings. The maximum absolute atomic E-state index is 13.3. The standard InChI is InChI=1S/C19H15FN4O2/c1-12-8-17(26-24-12)15-11-22-19(23-18(15)16-6-3-7-25-16)21-10-13-4-2-5-14(20)9-13/h2-9,11H,10H2,1H3,(H,21,22,23). The van der Waals surface area contributed by atoms with Crippen LogP contribution in [-0.4, -0.2) is 15.1 Å². The zero-order valence-corrected chi connectivity index (χ0v) is 13.9. The molecule has 0 radical (unpaired) electrons. The van der Waals surface area contributed by atoms with Gasteiger partial charge in [0.25, 0.3) is 0 Å². The van der Waals surface area contributed by atoms with Crippen molar-refractivity contribution in [2.24, 2.45) is 0 Å². The fourth-order valence-corrected chi connectivity index (χ4v) is 2.57. The predicted molar refractivity (Wildman–Crippen MR) is 93.7 cm³/mol. The minimum absolute atomic E-state index is 0.280. The van der Waals surface area contributed by atoms with E-state index in [9.17, 15) is 4.39 Å². The smallest absolute Gasteiger partial charge is 0.223 e. The van der Waals surface area contributed by atoms with Crippen molar-refractivity contribution in [3.63, 3.8) is 0 Å². The summed E-state index contributed by atoms with van der Waals surface area (Å²) in [4.78, 5) is 8.87. The molecule has 0 saturated heterocycles. The van der Waals surface area contributed by atoms with Gasteiger partial charge in [0.2, 0.25) is 5.95 Å². The Balaban J connectivity index is 1.66. The van der Waals surface area contributed by atoms with Crippen LogP contribution in [0.3, 0.4) is 0 Å². The van der Waals surface area contributed by atoms with E-state index in [-0.39, 0.29) is 5.82 Å². The molecule has 0 aliphatic carbocycles. The second kappa shape index (κ2) is 6.79. The van der Waals surface area contributed by atoms with Gasteiger partial charge in [0.05, 0.1) is 17.5 Å². The molecule has 4 rings (SSSR count). The number of hydrogen-bond acceptors (Lipinski definition) is 6. The topological polar surface area (TPSA) is 77.0 Å². The molecule has 0 aliphatic rings. The number of aryl methyl sites for hydroxylation is 1. The number of aromatic nitrogens is 3. The molecule has 130 valence electrons.